The van der Waals surface area contributed by atoms with Crippen LogP contribution in [0.3, 0.4) is 0 Å². The predicted molar refractivity (Wildman–Crippen MR) is 54.8 cm³/mol. The van der Waals surface area contributed by atoms with Crippen LogP contribution in [-0.4, -0.2) is 47.8 Å². The summed E-state index contributed by atoms with van der Waals surface area (Å²) in [5, 5.41) is 12.8. The molecule has 1 saturated heterocycles. The number of nitrogens with zero attached hydrogens (tertiary/aromatic N) is 1. The second-order valence-corrected chi connectivity index (χ2v) is 4.17. The van der Waals surface area contributed by atoms with Gasteiger partial charge in [0.2, 0.25) is 0 Å². The fourth-order valence-corrected chi connectivity index (χ4v) is 1.86. The van der Waals surface area contributed by atoms with Crippen LogP contribution in [0.5, 0.6) is 0 Å². The lowest BCUT2D eigenvalue weighted by molar-refractivity contribution is 0.0739. The van der Waals surface area contributed by atoms with Crippen molar-refractivity contribution in [2.45, 2.75) is 45.4 Å². The van der Waals surface area contributed by atoms with Crippen molar-refractivity contribution in [3.8, 4) is 0 Å². The van der Waals surface area contributed by atoms with Gasteiger partial charge in [0.15, 0.2) is 0 Å². The summed E-state index contributed by atoms with van der Waals surface area (Å²) in [6.45, 7) is 9.19. The minimum absolute atomic E-state index is 0.210. The molecular weight excluding hydrogens is 164 g/mol. The van der Waals surface area contributed by atoms with Gasteiger partial charge in [-0.05, 0) is 20.3 Å². The molecule has 0 spiro atoms. The van der Waals surface area contributed by atoms with E-state index < -0.39 is 0 Å². The van der Waals surface area contributed by atoms with Crippen LogP contribution in [0.4, 0.5) is 0 Å². The SMILES string of the molecule is CCC1CN(CC(C)O)C(C)CN1. The van der Waals surface area contributed by atoms with E-state index in [1.807, 2.05) is 6.92 Å². The smallest absolute Gasteiger partial charge is 0.0639 e. The van der Waals surface area contributed by atoms with Crippen LogP contribution in [0.25, 0.3) is 0 Å². The van der Waals surface area contributed by atoms with Crippen molar-refractivity contribution < 1.29 is 5.11 Å². The molecule has 1 aliphatic heterocycles. The van der Waals surface area contributed by atoms with Gasteiger partial charge in [-0.15, -0.1) is 0 Å². The quantitative estimate of drug-likeness (QED) is 0.671. The number of aliphatic hydroxyl groups is 1. The molecular formula is C10H22N2O. The van der Waals surface area contributed by atoms with Crippen LogP contribution >= 0.6 is 0 Å². The number of piperazine rings is 1. The Balaban J connectivity index is 2.40. The molecule has 1 heterocycles. The van der Waals surface area contributed by atoms with Gasteiger partial charge in [-0.25, -0.2) is 0 Å². The second-order valence-electron chi connectivity index (χ2n) is 4.17. The first-order valence-electron chi connectivity index (χ1n) is 5.29. The molecule has 0 bridgehead atoms. The highest BCUT2D eigenvalue weighted by molar-refractivity contribution is 4.83. The minimum atomic E-state index is -0.210. The summed E-state index contributed by atoms with van der Waals surface area (Å²) in [7, 11) is 0. The summed E-state index contributed by atoms with van der Waals surface area (Å²) >= 11 is 0. The molecule has 1 aliphatic rings. The van der Waals surface area contributed by atoms with Crippen LogP contribution in [-0.2, 0) is 0 Å². The predicted octanol–water partition coefficient (Wildman–Crippen LogP) is 0.439. The Kier molecular flexibility index (Phi) is 4.16. The number of aliphatic hydroxyl groups excluding tert-OH is 1. The van der Waals surface area contributed by atoms with Crippen molar-refractivity contribution in [3.05, 3.63) is 0 Å². The van der Waals surface area contributed by atoms with Gasteiger partial charge in [0.1, 0.15) is 0 Å². The molecule has 3 nitrogen and oxygen atoms in total. The van der Waals surface area contributed by atoms with Gasteiger partial charge in [-0.2, -0.15) is 0 Å². The lowest BCUT2D eigenvalue weighted by Crippen LogP contribution is -2.56. The Labute approximate surface area is 81.1 Å². The van der Waals surface area contributed by atoms with Crippen LogP contribution in [0.1, 0.15) is 27.2 Å². The Hall–Kier alpha value is -0.120. The summed E-state index contributed by atoms with van der Waals surface area (Å²) < 4.78 is 0. The van der Waals surface area contributed by atoms with Gasteiger partial charge < -0.3 is 10.4 Å². The maximum Gasteiger partial charge on any atom is 0.0639 e. The molecule has 3 unspecified atom stereocenters. The van der Waals surface area contributed by atoms with E-state index in [0.717, 1.165) is 19.6 Å². The zero-order chi connectivity index (χ0) is 9.84. The van der Waals surface area contributed by atoms with Crippen LogP contribution in [0.2, 0.25) is 0 Å². The maximum absolute atomic E-state index is 9.32. The zero-order valence-electron chi connectivity index (χ0n) is 8.95. The number of hydrogen-bond donors (Lipinski definition) is 2. The van der Waals surface area contributed by atoms with E-state index in [4.69, 9.17) is 0 Å². The first-order valence-corrected chi connectivity index (χ1v) is 5.29. The molecule has 1 fully saturated rings. The molecule has 3 heteroatoms. The summed E-state index contributed by atoms with van der Waals surface area (Å²) in [5.74, 6) is 0. The van der Waals surface area contributed by atoms with Crippen molar-refractivity contribution in [3.63, 3.8) is 0 Å². The summed E-state index contributed by atoms with van der Waals surface area (Å²) in [5.41, 5.74) is 0. The van der Waals surface area contributed by atoms with Crippen molar-refractivity contribution in [1.29, 1.82) is 0 Å². The van der Waals surface area contributed by atoms with E-state index in [1.165, 1.54) is 6.42 Å². The summed E-state index contributed by atoms with van der Waals surface area (Å²) in [4.78, 5) is 2.37. The fourth-order valence-electron chi connectivity index (χ4n) is 1.86. The molecule has 2 N–H and O–H groups in total. The van der Waals surface area contributed by atoms with Crippen LogP contribution in [0.15, 0.2) is 0 Å². The highest BCUT2D eigenvalue weighted by Crippen LogP contribution is 2.09. The second kappa shape index (κ2) is 4.94. The average Bonchev–Trinajstić information content (AvgIpc) is 2.08. The zero-order valence-corrected chi connectivity index (χ0v) is 8.95. The summed E-state index contributed by atoms with van der Waals surface area (Å²) in [6, 6.07) is 1.16. The Morgan fingerprint density at radius 3 is 2.85 bits per heavy atom. The van der Waals surface area contributed by atoms with E-state index in [-0.39, 0.29) is 6.10 Å². The molecule has 3 atom stereocenters. The van der Waals surface area contributed by atoms with Gasteiger partial charge in [0, 0.05) is 31.7 Å². The van der Waals surface area contributed by atoms with Crippen LogP contribution in [0, 0.1) is 0 Å². The van der Waals surface area contributed by atoms with E-state index in [1.54, 1.807) is 0 Å². The maximum atomic E-state index is 9.32. The topological polar surface area (TPSA) is 35.5 Å². The van der Waals surface area contributed by atoms with E-state index in [2.05, 4.69) is 24.1 Å². The molecule has 0 aromatic rings. The van der Waals surface area contributed by atoms with E-state index in [9.17, 15) is 5.11 Å². The minimum Gasteiger partial charge on any atom is -0.392 e. The number of nitrogens with one attached hydrogen (secondary N) is 1. The molecule has 1 rings (SSSR count). The number of rotatable bonds is 3. The third-order valence-corrected chi connectivity index (χ3v) is 2.77. The molecule has 0 amide bonds. The van der Waals surface area contributed by atoms with Crippen LogP contribution < -0.4 is 5.32 Å². The third-order valence-electron chi connectivity index (χ3n) is 2.77. The highest BCUT2D eigenvalue weighted by atomic mass is 16.3. The Morgan fingerprint density at radius 2 is 2.31 bits per heavy atom. The molecule has 13 heavy (non-hydrogen) atoms. The van der Waals surface area contributed by atoms with Crippen molar-refractivity contribution in [2.75, 3.05) is 19.6 Å². The van der Waals surface area contributed by atoms with E-state index in [0.29, 0.717) is 12.1 Å². The lowest BCUT2D eigenvalue weighted by atomic mass is 10.1. The number of β-amino-alcohol motifs (C(OH)–C–C–N with tert-alkyl or cyclic N) is 1. The standard InChI is InChI=1S/C10H22N2O/c1-4-10-7-12(6-9(3)13)8(2)5-11-10/h8-11,13H,4-7H2,1-3H3. The molecule has 0 radical (unpaired) electrons. The first-order chi connectivity index (χ1) is 6.13. The largest absolute Gasteiger partial charge is 0.392 e. The Morgan fingerprint density at radius 1 is 1.62 bits per heavy atom. The fraction of sp³-hybridized carbons (Fsp3) is 1.00. The normalized spacial score (nSPS) is 33.2. The lowest BCUT2D eigenvalue weighted by Gasteiger charge is -2.39. The van der Waals surface area contributed by atoms with Crippen molar-refractivity contribution in [1.82, 2.24) is 10.2 Å². The monoisotopic (exact) mass is 186 g/mol. The molecule has 78 valence electrons. The molecule has 0 aromatic carbocycles. The van der Waals surface area contributed by atoms with E-state index >= 15 is 0 Å². The number of hydrogen-bond acceptors (Lipinski definition) is 3. The molecule has 0 saturated carbocycles. The van der Waals surface area contributed by atoms with Gasteiger partial charge in [-0.1, -0.05) is 6.92 Å². The first kappa shape index (κ1) is 11.0. The van der Waals surface area contributed by atoms with Crippen molar-refractivity contribution >= 4 is 0 Å². The average molecular weight is 186 g/mol. The third kappa shape index (κ3) is 3.25. The highest BCUT2D eigenvalue weighted by Gasteiger charge is 2.24. The van der Waals surface area contributed by atoms with Gasteiger partial charge in [0.05, 0.1) is 6.10 Å². The van der Waals surface area contributed by atoms with Gasteiger partial charge in [0.25, 0.3) is 0 Å². The van der Waals surface area contributed by atoms with Gasteiger partial charge >= 0.3 is 0 Å². The summed E-state index contributed by atoms with van der Waals surface area (Å²) in [6.07, 6.45) is 0.960. The van der Waals surface area contributed by atoms with Crippen molar-refractivity contribution in [2.24, 2.45) is 0 Å². The van der Waals surface area contributed by atoms with Gasteiger partial charge in [-0.3, -0.25) is 4.90 Å². The Bertz CT molecular complexity index is 150. The molecule has 0 aromatic heterocycles. The molecule has 0 aliphatic carbocycles.